The van der Waals surface area contributed by atoms with Crippen molar-refractivity contribution < 1.29 is 23.5 Å². The number of hydrogen-bond donors (Lipinski definition) is 0. The van der Waals surface area contributed by atoms with E-state index in [0.717, 1.165) is 0 Å². The second-order valence-corrected chi connectivity index (χ2v) is 6.67. The van der Waals surface area contributed by atoms with E-state index in [1.54, 1.807) is 18.2 Å². The lowest BCUT2D eigenvalue weighted by molar-refractivity contribution is -0.129. The van der Waals surface area contributed by atoms with E-state index in [1.807, 2.05) is 18.2 Å². The SMILES string of the molecule is O=C1OC(c2ccccc2)=N/C1=C/c1ccc(OC(=O)c2ccccc2F)c(Cl)c1. The third-order valence-electron chi connectivity index (χ3n) is 4.20. The fourth-order valence-corrected chi connectivity index (χ4v) is 2.97. The molecule has 0 saturated carbocycles. The van der Waals surface area contributed by atoms with E-state index in [1.165, 1.54) is 42.5 Å². The lowest BCUT2D eigenvalue weighted by Crippen LogP contribution is -2.10. The van der Waals surface area contributed by atoms with E-state index in [9.17, 15) is 14.0 Å². The topological polar surface area (TPSA) is 65.0 Å². The first-order valence-electron chi connectivity index (χ1n) is 8.85. The molecule has 0 unspecified atom stereocenters. The largest absolute Gasteiger partial charge is 0.421 e. The van der Waals surface area contributed by atoms with Gasteiger partial charge in [0.15, 0.2) is 5.70 Å². The Morgan fingerprint density at radius 2 is 1.77 bits per heavy atom. The first kappa shape index (κ1) is 19.5. The molecule has 0 amide bonds. The van der Waals surface area contributed by atoms with Crippen molar-refractivity contribution >= 4 is 35.5 Å². The van der Waals surface area contributed by atoms with Crippen LogP contribution in [0.1, 0.15) is 21.5 Å². The number of esters is 2. The van der Waals surface area contributed by atoms with E-state index in [2.05, 4.69) is 4.99 Å². The Morgan fingerprint density at radius 1 is 1.03 bits per heavy atom. The molecule has 7 heteroatoms. The van der Waals surface area contributed by atoms with Crippen molar-refractivity contribution in [2.75, 3.05) is 0 Å². The highest BCUT2D eigenvalue weighted by molar-refractivity contribution is 6.32. The molecule has 0 radical (unpaired) electrons. The molecule has 1 aliphatic heterocycles. The van der Waals surface area contributed by atoms with Crippen LogP contribution in [0.2, 0.25) is 5.02 Å². The van der Waals surface area contributed by atoms with Gasteiger partial charge in [-0.25, -0.2) is 19.0 Å². The molecule has 0 bridgehead atoms. The van der Waals surface area contributed by atoms with Crippen LogP contribution in [-0.2, 0) is 9.53 Å². The highest BCUT2D eigenvalue weighted by Gasteiger charge is 2.24. The van der Waals surface area contributed by atoms with Crippen LogP contribution in [-0.4, -0.2) is 17.8 Å². The minimum Gasteiger partial charge on any atom is -0.421 e. The molecule has 0 saturated heterocycles. The number of halogens is 2. The predicted molar refractivity (Wildman–Crippen MR) is 110 cm³/mol. The average molecular weight is 422 g/mol. The van der Waals surface area contributed by atoms with Crippen LogP contribution in [0, 0.1) is 5.82 Å². The number of hydrogen-bond acceptors (Lipinski definition) is 5. The van der Waals surface area contributed by atoms with Gasteiger partial charge in [-0.1, -0.05) is 48.0 Å². The van der Waals surface area contributed by atoms with Gasteiger partial charge in [-0.3, -0.25) is 0 Å². The maximum absolute atomic E-state index is 13.7. The Bertz CT molecular complexity index is 1200. The van der Waals surface area contributed by atoms with Crippen LogP contribution in [0.25, 0.3) is 6.08 Å². The van der Waals surface area contributed by atoms with Gasteiger partial charge in [-0.15, -0.1) is 0 Å². The molecular weight excluding hydrogens is 409 g/mol. The zero-order valence-electron chi connectivity index (χ0n) is 15.3. The monoisotopic (exact) mass is 421 g/mol. The van der Waals surface area contributed by atoms with Crippen molar-refractivity contribution in [3.8, 4) is 5.75 Å². The Hall–Kier alpha value is -3.77. The molecule has 1 aliphatic rings. The van der Waals surface area contributed by atoms with Crippen LogP contribution in [0.3, 0.4) is 0 Å². The summed E-state index contributed by atoms with van der Waals surface area (Å²) < 4.78 is 24.1. The molecule has 3 aromatic rings. The molecule has 5 nitrogen and oxygen atoms in total. The summed E-state index contributed by atoms with van der Waals surface area (Å²) in [6, 6.07) is 19.1. The quantitative estimate of drug-likeness (QED) is 0.336. The number of rotatable bonds is 4. The van der Waals surface area contributed by atoms with Gasteiger partial charge in [0.1, 0.15) is 11.6 Å². The molecule has 0 aromatic heterocycles. The predicted octanol–water partition coefficient (Wildman–Crippen LogP) is 5.04. The molecule has 0 aliphatic carbocycles. The molecule has 3 aromatic carbocycles. The molecular formula is C23H13ClFNO4. The normalized spacial score (nSPS) is 14.4. The molecule has 148 valence electrons. The van der Waals surface area contributed by atoms with E-state index in [-0.39, 0.29) is 27.9 Å². The molecule has 0 fully saturated rings. The van der Waals surface area contributed by atoms with Crippen molar-refractivity contribution in [1.29, 1.82) is 0 Å². The summed E-state index contributed by atoms with van der Waals surface area (Å²) in [6.07, 6.45) is 1.51. The van der Waals surface area contributed by atoms with Crippen molar-refractivity contribution in [1.82, 2.24) is 0 Å². The summed E-state index contributed by atoms with van der Waals surface area (Å²) in [5, 5.41) is 0.118. The number of benzene rings is 3. The molecule has 1 heterocycles. The van der Waals surface area contributed by atoms with Crippen molar-refractivity contribution in [2.45, 2.75) is 0 Å². The summed E-state index contributed by atoms with van der Waals surface area (Å²) in [6.45, 7) is 0. The van der Waals surface area contributed by atoms with Gasteiger partial charge in [0, 0.05) is 5.56 Å². The van der Waals surface area contributed by atoms with E-state index in [4.69, 9.17) is 21.1 Å². The lowest BCUT2D eigenvalue weighted by Gasteiger charge is -2.07. The molecule has 0 atom stereocenters. The highest BCUT2D eigenvalue weighted by Crippen LogP contribution is 2.28. The molecule has 0 spiro atoms. The van der Waals surface area contributed by atoms with Crippen LogP contribution < -0.4 is 4.74 Å². The first-order valence-corrected chi connectivity index (χ1v) is 9.23. The van der Waals surface area contributed by atoms with Crippen LogP contribution in [0.5, 0.6) is 5.75 Å². The summed E-state index contributed by atoms with van der Waals surface area (Å²) in [5.41, 5.74) is 1.15. The minimum atomic E-state index is -0.863. The van der Waals surface area contributed by atoms with E-state index < -0.39 is 17.8 Å². The number of ether oxygens (including phenoxy) is 2. The molecule has 0 N–H and O–H groups in total. The number of aliphatic imine (C=N–C) groups is 1. The summed E-state index contributed by atoms with van der Waals surface area (Å²) >= 11 is 6.19. The van der Waals surface area contributed by atoms with Crippen LogP contribution in [0.15, 0.2) is 83.5 Å². The Balaban J connectivity index is 1.55. The van der Waals surface area contributed by atoms with Gasteiger partial charge in [0.2, 0.25) is 5.90 Å². The maximum Gasteiger partial charge on any atom is 0.363 e. The zero-order valence-corrected chi connectivity index (χ0v) is 16.1. The molecule has 30 heavy (non-hydrogen) atoms. The molecule has 4 rings (SSSR count). The zero-order chi connectivity index (χ0) is 21.1. The van der Waals surface area contributed by atoms with Gasteiger partial charge < -0.3 is 9.47 Å². The van der Waals surface area contributed by atoms with E-state index in [0.29, 0.717) is 11.1 Å². The summed E-state index contributed by atoms with van der Waals surface area (Å²) in [4.78, 5) is 28.5. The first-order chi connectivity index (χ1) is 14.5. The van der Waals surface area contributed by atoms with Gasteiger partial charge >= 0.3 is 11.9 Å². The number of nitrogens with zero attached hydrogens (tertiary/aromatic N) is 1. The van der Waals surface area contributed by atoms with Crippen LogP contribution in [0.4, 0.5) is 4.39 Å². The Kier molecular flexibility index (Phi) is 5.41. The van der Waals surface area contributed by atoms with E-state index >= 15 is 0 Å². The minimum absolute atomic E-state index is 0.0644. The highest BCUT2D eigenvalue weighted by atomic mass is 35.5. The van der Waals surface area contributed by atoms with Gasteiger partial charge in [0.05, 0.1) is 10.6 Å². The van der Waals surface area contributed by atoms with Crippen molar-refractivity contribution in [2.24, 2.45) is 4.99 Å². The van der Waals surface area contributed by atoms with Gasteiger partial charge in [-0.05, 0) is 48.0 Å². The third kappa shape index (κ3) is 4.14. The average Bonchev–Trinajstić information content (AvgIpc) is 3.11. The standard InChI is InChI=1S/C23H13ClFNO4/c24-17-12-14(10-11-20(17)29-22(27)16-8-4-5-9-18(16)25)13-19-23(28)30-21(26-19)15-6-2-1-3-7-15/h1-13H/b19-13+. The van der Waals surface area contributed by atoms with Gasteiger partial charge in [-0.2, -0.15) is 0 Å². The van der Waals surface area contributed by atoms with Gasteiger partial charge in [0.25, 0.3) is 0 Å². The summed E-state index contributed by atoms with van der Waals surface area (Å²) in [5.74, 6) is -1.85. The number of carbonyl (C=O) groups excluding carboxylic acids is 2. The second kappa shape index (κ2) is 8.31. The fraction of sp³-hybridized carbons (Fsp3) is 0. The second-order valence-electron chi connectivity index (χ2n) is 6.26. The maximum atomic E-state index is 13.7. The van der Waals surface area contributed by atoms with Crippen molar-refractivity contribution in [3.63, 3.8) is 0 Å². The summed E-state index contributed by atoms with van der Waals surface area (Å²) in [7, 11) is 0. The Labute approximate surface area is 176 Å². The Morgan fingerprint density at radius 3 is 2.50 bits per heavy atom. The lowest BCUT2D eigenvalue weighted by atomic mass is 10.2. The number of carbonyl (C=O) groups is 2. The number of cyclic esters (lactones) is 1. The van der Waals surface area contributed by atoms with Crippen LogP contribution >= 0.6 is 11.6 Å². The van der Waals surface area contributed by atoms with Crippen molar-refractivity contribution in [3.05, 3.63) is 106 Å². The third-order valence-corrected chi connectivity index (χ3v) is 4.49. The smallest absolute Gasteiger partial charge is 0.363 e. The fourth-order valence-electron chi connectivity index (χ4n) is 2.74.